The van der Waals surface area contributed by atoms with Crippen molar-refractivity contribution in [2.24, 2.45) is 0 Å². The summed E-state index contributed by atoms with van der Waals surface area (Å²) in [5.74, 6) is 0.911. The standard InChI is InChI=1S/C12H19O2P/c1-4-12(3,15-13-5-2)14-11-9-7-6-8-10-11/h6-10,15H,4-5H2,1-3H3. The summed E-state index contributed by atoms with van der Waals surface area (Å²) in [4.78, 5) is 0. The lowest BCUT2D eigenvalue weighted by Crippen LogP contribution is -2.26. The smallest absolute Gasteiger partial charge is 0.146 e. The van der Waals surface area contributed by atoms with Gasteiger partial charge >= 0.3 is 0 Å². The zero-order valence-electron chi connectivity index (χ0n) is 9.62. The molecule has 1 rings (SSSR count). The van der Waals surface area contributed by atoms with E-state index in [9.17, 15) is 0 Å². The summed E-state index contributed by atoms with van der Waals surface area (Å²) in [5.41, 5.74) is 0. The lowest BCUT2D eigenvalue weighted by molar-refractivity contribution is 0.162. The first-order chi connectivity index (χ1) is 7.20. The van der Waals surface area contributed by atoms with Gasteiger partial charge in [0, 0.05) is 6.61 Å². The SMILES string of the molecule is CCOPC(C)(CC)Oc1ccccc1. The van der Waals surface area contributed by atoms with Gasteiger partial charge < -0.3 is 9.26 Å². The van der Waals surface area contributed by atoms with E-state index in [0.717, 1.165) is 18.8 Å². The summed E-state index contributed by atoms with van der Waals surface area (Å²) in [6, 6.07) is 9.90. The van der Waals surface area contributed by atoms with E-state index in [0.29, 0.717) is 8.81 Å². The molecule has 0 spiro atoms. The molecule has 0 saturated carbocycles. The second kappa shape index (κ2) is 6.09. The average Bonchev–Trinajstić information content (AvgIpc) is 2.28. The molecular formula is C12H19O2P. The zero-order chi connectivity index (χ0) is 11.1. The molecule has 2 unspecified atom stereocenters. The molecule has 0 aliphatic heterocycles. The number of hydrogen-bond acceptors (Lipinski definition) is 2. The Balaban J connectivity index is 2.59. The van der Waals surface area contributed by atoms with Gasteiger partial charge in [0.15, 0.2) is 0 Å². The molecule has 2 atom stereocenters. The number of ether oxygens (including phenoxy) is 1. The first kappa shape index (κ1) is 12.5. The van der Waals surface area contributed by atoms with Crippen molar-refractivity contribution in [3.05, 3.63) is 30.3 Å². The molecule has 0 radical (unpaired) electrons. The minimum absolute atomic E-state index is 0.197. The fourth-order valence-corrected chi connectivity index (χ4v) is 1.89. The Labute approximate surface area is 93.8 Å². The predicted molar refractivity (Wildman–Crippen MR) is 65.7 cm³/mol. The van der Waals surface area contributed by atoms with Gasteiger partial charge in [0.1, 0.15) is 11.1 Å². The van der Waals surface area contributed by atoms with Crippen molar-refractivity contribution in [2.45, 2.75) is 32.5 Å². The summed E-state index contributed by atoms with van der Waals surface area (Å²) in [7, 11) is 0.380. The Morgan fingerprint density at radius 3 is 2.40 bits per heavy atom. The number of rotatable bonds is 6. The highest BCUT2D eigenvalue weighted by Gasteiger charge is 2.24. The molecule has 1 aromatic carbocycles. The lowest BCUT2D eigenvalue weighted by atomic mass is 10.3. The molecule has 0 amide bonds. The molecule has 0 fully saturated rings. The van der Waals surface area contributed by atoms with Gasteiger partial charge in [0.2, 0.25) is 0 Å². The van der Waals surface area contributed by atoms with Crippen LogP contribution in [0.5, 0.6) is 5.75 Å². The van der Waals surface area contributed by atoms with E-state index in [-0.39, 0.29) is 5.34 Å². The van der Waals surface area contributed by atoms with Crippen LogP contribution in [0.2, 0.25) is 0 Å². The van der Waals surface area contributed by atoms with E-state index >= 15 is 0 Å². The molecule has 1 aromatic rings. The number of benzene rings is 1. The normalized spacial score (nSPS) is 15.4. The summed E-state index contributed by atoms with van der Waals surface area (Å²) in [5, 5.41) is -0.197. The molecule has 0 heterocycles. The lowest BCUT2D eigenvalue weighted by Gasteiger charge is -2.28. The predicted octanol–water partition coefficient (Wildman–Crippen LogP) is 3.82. The highest BCUT2D eigenvalue weighted by molar-refractivity contribution is 7.34. The van der Waals surface area contributed by atoms with Gasteiger partial charge in [-0.25, -0.2) is 0 Å². The first-order valence-corrected chi connectivity index (χ1v) is 6.24. The van der Waals surface area contributed by atoms with Gasteiger partial charge in [-0.3, -0.25) is 0 Å². The van der Waals surface area contributed by atoms with E-state index < -0.39 is 0 Å². The average molecular weight is 226 g/mol. The highest BCUT2D eigenvalue weighted by atomic mass is 31.1. The first-order valence-electron chi connectivity index (χ1n) is 5.33. The zero-order valence-corrected chi connectivity index (χ0v) is 10.6. The molecule has 0 aliphatic rings. The summed E-state index contributed by atoms with van der Waals surface area (Å²) < 4.78 is 11.4. The maximum atomic E-state index is 5.94. The van der Waals surface area contributed by atoms with Crippen LogP contribution in [0, 0.1) is 0 Å². The van der Waals surface area contributed by atoms with E-state index in [1.165, 1.54) is 0 Å². The maximum Gasteiger partial charge on any atom is 0.146 e. The summed E-state index contributed by atoms with van der Waals surface area (Å²) in [6.07, 6.45) is 0.945. The van der Waals surface area contributed by atoms with Crippen molar-refractivity contribution in [1.29, 1.82) is 0 Å². The fourth-order valence-electron chi connectivity index (χ4n) is 1.14. The third kappa shape index (κ3) is 4.19. The Kier molecular flexibility index (Phi) is 5.07. The van der Waals surface area contributed by atoms with Crippen LogP contribution in [-0.2, 0) is 4.52 Å². The van der Waals surface area contributed by atoms with Crippen molar-refractivity contribution in [3.8, 4) is 5.75 Å². The van der Waals surface area contributed by atoms with Crippen molar-refractivity contribution >= 4 is 8.81 Å². The van der Waals surface area contributed by atoms with Gasteiger partial charge in [-0.15, -0.1) is 0 Å². The second-order valence-corrected chi connectivity index (χ2v) is 5.09. The van der Waals surface area contributed by atoms with Crippen molar-refractivity contribution in [1.82, 2.24) is 0 Å². The Morgan fingerprint density at radius 1 is 1.20 bits per heavy atom. The van der Waals surface area contributed by atoms with Gasteiger partial charge in [0.05, 0.1) is 8.81 Å². The van der Waals surface area contributed by atoms with Crippen LogP contribution in [0.3, 0.4) is 0 Å². The molecule has 84 valence electrons. The second-order valence-electron chi connectivity index (χ2n) is 3.53. The Hall–Kier alpha value is -0.590. The quantitative estimate of drug-likeness (QED) is 0.686. The molecular weight excluding hydrogens is 207 g/mol. The topological polar surface area (TPSA) is 18.5 Å². The fraction of sp³-hybridized carbons (Fsp3) is 0.500. The third-order valence-corrected chi connectivity index (χ3v) is 3.51. The molecule has 0 aliphatic carbocycles. The van der Waals surface area contributed by atoms with Crippen LogP contribution in [0.25, 0.3) is 0 Å². The maximum absolute atomic E-state index is 5.94. The molecule has 0 saturated heterocycles. The minimum atomic E-state index is -0.197. The molecule has 0 N–H and O–H groups in total. The minimum Gasteiger partial charge on any atom is -0.481 e. The van der Waals surface area contributed by atoms with Gasteiger partial charge in [-0.1, -0.05) is 25.1 Å². The van der Waals surface area contributed by atoms with Crippen LogP contribution in [0.15, 0.2) is 30.3 Å². The van der Waals surface area contributed by atoms with Crippen LogP contribution < -0.4 is 4.74 Å². The number of para-hydroxylation sites is 1. The number of hydrogen-bond donors (Lipinski definition) is 0. The van der Waals surface area contributed by atoms with E-state index in [1.54, 1.807) is 0 Å². The van der Waals surface area contributed by atoms with E-state index in [4.69, 9.17) is 9.26 Å². The molecule has 15 heavy (non-hydrogen) atoms. The van der Waals surface area contributed by atoms with Crippen LogP contribution >= 0.6 is 8.81 Å². The van der Waals surface area contributed by atoms with Crippen LogP contribution in [0.1, 0.15) is 27.2 Å². The largest absolute Gasteiger partial charge is 0.481 e. The molecule has 0 aromatic heterocycles. The third-order valence-electron chi connectivity index (χ3n) is 2.19. The monoisotopic (exact) mass is 226 g/mol. The van der Waals surface area contributed by atoms with Crippen molar-refractivity contribution in [2.75, 3.05) is 6.61 Å². The highest BCUT2D eigenvalue weighted by Crippen LogP contribution is 2.37. The summed E-state index contributed by atoms with van der Waals surface area (Å²) in [6.45, 7) is 6.96. The van der Waals surface area contributed by atoms with E-state index in [2.05, 4.69) is 13.8 Å². The van der Waals surface area contributed by atoms with Crippen LogP contribution in [-0.4, -0.2) is 11.9 Å². The summed E-state index contributed by atoms with van der Waals surface area (Å²) >= 11 is 0. The van der Waals surface area contributed by atoms with Crippen molar-refractivity contribution < 1.29 is 9.26 Å². The van der Waals surface area contributed by atoms with Gasteiger partial charge in [0.25, 0.3) is 0 Å². The van der Waals surface area contributed by atoms with Gasteiger partial charge in [-0.2, -0.15) is 0 Å². The van der Waals surface area contributed by atoms with Crippen LogP contribution in [0.4, 0.5) is 0 Å². The molecule has 3 heteroatoms. The van der Waals surface area contributed by atoms with E-state index in [1.807, 2.05) is 37.3 Å². The van der Waals surface area contributed by atoms with Gasteiger partial charge in [-0.05, 0) is 32.4 Å². The molecule has 2 nitrogen and oxygen atoms in total. The van der Waals surface area contributed by atoms with Crippen molar-refractivity contribution in [3.63, 3.8) is 0 Å². The Morgan fingerprint density at radius 2 is 1.87 bits per heavy atom. The molecule has 0 bridgehead atoms. The Bertz CT molecular complexity index is 276.